The van der Waals surface area contributed by atoms with Crippen LogP contribution in [0.15, 0.2) is 18.2 Å². The van der Waals surface area contributed by atoms with Gasteiger partial charge in [0.1, 0.15) is 11.6 Å². The molecule has 0 fully saturated rings. The minimum Gasteiger partial charge on any atom is -0.493 e. The quantitative estimate of drug-likeness (QED) is 0.741. The van der Waals surface area contributed by atoms with Crippen LogP contribution in [0.1, 0.15) is 18.5 Å². The predicted molar refractivity (Wildman–Crippen MR) is 52.9 cm³/mol. The molecule has 0 amide bonds. The van der Waals surface area contributed by atoms with Gasteiger partial charge in [0.05, 0.1) is 6.61 Å². The molecule has 0 spiro atoms. The van der Waals surface area contributed by atoms with Gasteiger partial charge in [-0.05, 0) is 25.2 Å². The van der Waals surface area contributed by atoms with Crippen molar-refractivity contribution in [3.63, 3.8) is 0 Å². The van der Waals surface area contributed by atoms with Crippen LogP contribution in [-0.4, -0.2) is 13.7 Å². The van der Waals surface area contributed by atoms with E-state index < -0.39 is 0 Å². The third-order valence-electron chi connectivity index (χ3n) is 2.69. The van der Waals surface area contributed by atoms with Crippen LogP contribution in [0.25, 0.3) is 0 Å². The van der Waals surface area contributed by atoms with Crippen molar-refractivity contribution in [2.45, 2.75) is 13.0 Å². The van der Waals surface area contributed by atoms with E-state index in [1.165, 1.54) is 6.07 Å². The van der Waals surface area contributed by atoms with E-state index in [0.29, 0.717) is 12.5 Å². The molecule has 0 aromatic heterocycles. The first-order valence-corrected chi connectivity index (χ1v) is 4.82. The zero-order valence-electron chi connectivity index (χ0n) is 8.38. The zero-order valence-corrected chi connectivity index (χ0v) is 8.38. The van der Waals surface area contributed by atoms with Gasteiger partial charge in [0.15, 0.2) is 0 Å². The van der Waals surface area contributed by atoms with Gasteiger partial charge in [-0.2, -0.15) is 0 Å². The second-order valence-corrected chi connectivity index (χ2v) is 3.74. The van der Waals surface area contributed by atoms with Gasteiger partial charge in [0.2, 0.25) is 0 Å². The molecule has 1 N–H and O–H groups in total. The number of hydrogen-bond acceptors (Lipinski definition) is 2. The lowest BCUT2D eigenvalue weighted by atomic mass is 9.92. The smallest absolute Gasteiger partial charge is 0.124 e. The van der Waals surface area contributed by atoms with Crippen molar-refractivity contribution in [2.75, 3.05) is 13.7 Å². The molecular formula is C11H14FNO. The third-order valence-corrected chi connectivity index (χ3v) is 2.69. The average Bonchev–Trinajstić information content (AvgIpc) is 2.17. The Morgan fingerprint density at radius 1 is 1.50 bits per heavy atom. The Labute approximate surface area is 83.1 Å². The molecule has 0 saturated heterocycles. The number of benzene rings is 1. The monoisotopic (exact) mass is 195 g/mol. The van der Waals surface area contributed by atoms with E-state index in [9.17, 15) is 4.39 Å². The normalized spacial score (nSPS) is 25.4. The highest BCUT2D eigenvalue weighted by Gasteiger charge is 2.26. The van der Waals surface area contributed by atoms with Crippen molar-refractivity contribution in [1.29, 1.82) is 0 Å². The second kappa shape index (κ2) is 3.58. The van der Waals surface area contributed by atoms with Gasteiger partial charge >= 0.3 is 0 Å². The highest BCUT2D eigenvalue weighted by atomic mass is 19.1. The summed E-state index contributed by atoms with van der Waals surface area (Å²) < 4.78 is 18.6. The molecule has 1 aromatic rings. The van der Waals surface area contributed by atoms with Crippen LogP contribution in [0.4, 0.5) is 4.39 Å². The van der Waals surface area contributed by atoms with E-state index in [2.05, 4.69) is 12.2 Å². The molecule has 76 valence electrons. The van der Waals surface area contributed by atoms with Gasteiger partial charge in [0.25, 0.3) is 0 Å². The Bertz CT molecular complexity index is 340. The molecule has 14 heavy (non-hydrogen) atoms. The SMILES string of the molecule is CNC1c2cc(F)ccc2OCC1C. The van der Waals surface area contributed by atoms with Crippen LogP contribution >= 0.6 is 0 Å². The van der Waals surface area contributed by atoms with Crippen molar-refractivity contribution in [1.82, 2.24) is 5.32 Å². The minimum absolute atomic E-state index is 0.189. The predicted octanol–water partition coefficient (Wildman–Crippen LogP) is 2.11. The van der Waals surface area contributed by atoms with Crippen molar-refractivity contribution in [3.8, 4) is 5.75 Å². The molecule has 0 radical (unpaired) electrons. The van der Waals surface area contributed by atoms with E-state index in [1.807, 2.05) is 7.05 Å². The van der Waals surface area contributed by atoms with Crippen LogP contribution in [0.2, 0.25) is 0 Å². The molecule has 1 heterocycles. The molecule has 2 nitrogen and oxygen atoms in total. The Morgan fingerprint density at radius 2 is 2.29 bits per heavy atom. The summed E-state index contributed by atoms with van der Waals surface area (Å²) in [5.41, 5.74) is 0.922. The molecule has 0 aliphatic carbocycles. The van der Waals surface area contributed by atoms with Crippen LogP contribution in [-0.2, 0) is 0 Å². The van der Waals surface area contributed by atoms with E-state index in [4.69, 9.17) is 4.74 Å². The Balaban J connectivity index is 2.43. The summed E-state index contributed by atoms with van der Waals surface area (Å²) in [6, 6.07) is 4.86. The molecule has 1 aliphatic heterocycles. The lowest BCUT2D eigenvalue weighted by Crippen LogP contribution is -2.31. The molecule has 1 aromatic carbocycles. The van der Waals surface area contributed by atoms with E-state index in [1.54, 1.807) is 12.1 Å². The third kappa shape index (κ3) is 1.48. The Morgan fingerprint density at radius 3 is 3.00 bits per heavy atom. The molecule has 2 atom stereocenters. The largest absolute Gasteiger partial charge is 0.493 e. The summed E-state index contributed by atoms with van der Waals surface area (Å²) in [6.07, 6.45) is 0. The van der Waals surface area contributed by atoms with Crippen molar-refractivity contribution >= 4 is 0 Å². The van der Waals surface area contributed by atoms with Crippen LogP contribution < -0.4 is 10.1 Å². The van der Waals surface area contributed by atoms with E-state index >= 15 is 0 Å². The topological polar surface area (TPSA) is 21.3 Å². The van der Waals surface area contributed by atoms with Gasteiger partial charge in [-0.3, -0.25) is 0 Å². The number of ether oxygens (including phenoxy) is 1. The Kier molecular flexibility index (Phi) is 2.42. The summed E-state index contributed by atoms with van der Waals surface area (Å²) in [7, 11) is 1.89. The Hall–Kier alpha value is -1.09. The van der Waals surface area contributed by atoms with Gasteiger partial charge in [-0.25, -0.2) is 4.39 Å². The maximum Gasteiger partial charge on any atom is 0.124 e. The molecule has 1 aliphatic rings. The number of fused-ring (bicyclic) bond motifs is 1. The first-order valence-electron chi connectivity index (χ1n) is 4.82. The average molecular weight is 195 g/mol. The molecule has 2 rings (SSSR count). The van der Waals surface area contributed by atoms with Crippen LogP contribution in [0.3, 0.4) is 0 Å². The highest BCUT2D eigenvalue weighted by Crippen LogP contribution is 2.35. The first-order chi connectivity index (χ1) is 6.72. The van der Waals surface area contributed by atoms with Gasteiger partial charge in [-0.15, -0.1) is 0 Å². The summed E-state index contributed by atoms with van der Waals surface area (Å²) in [5, 5.41) is 3.19. The van der Waals surface area contributed by atoms with E-state index in [-0.39, 0.29) is 11.9 Å². The summed E-state index contributed by atoms with van der Waals surface area (Å²) in [4.78, 5) is 0. The molecular weight excluding hydrogens is 181 g/mol. The van der Waals surface area contributed by atoms with Crippen LogP contribution in [0.5, 0.6) is 5.75 Å². The second-order valence-electron chi connectivity index (χ2n) is 3.74. The number of hydrogen-bond donors (Lipinski definition) is 1. The lowest BCUT2D eigenvalue weighted by molar-refractivity contribution is 0.193. The minimum atomic E-state index is -0.207. The maximum absolute atomic E-state index is 13.0. The summed E-state index contributed by atoms with van der Waals surface area (Å²) >= 11 is 0. The molecule has 0 bridgehead atoms. The molecule has 0 saturated carbocycles. The van der Waals surface area contributed by atoms with Crippen molar-refractivity contribution in [3.05, 3.63) is 29.6 Å². The maximum atomic E-state index is 13.0. The van der Waals surface area contributed by atoms with Crippen LogP contribution in [0, 0.1) is 11.7 Å². The standard InChI is InChI=1S/C11H14FNO/c1-7-6-14-10-4-3-8(12)5-9(10)11(7)13-2/h3-5,7,11,13H,6H2,1-2H3. The fourth-order valence-corrected chi connectivity index (χ4v) is 1.96. The summed E-state index contributed by atoms with van der Waals surface area (Å²) in [5.74, 6) is 0.958. The van der Waals surface area contributed by atoms with Gasteiger partial charge < -0.3 is 10.1 Å². The zero-order chi connectivity index (χ0) is 10.1. The number of nitrogens with one attached hydrogen (secondary N) is 1. The van der Waals surface area contributed by atoms with Crippen molar-refractivity contribution < 1.29 is 9.13 Å². The fourth-order valence-electron chi connectivity index (χ4n) is 1.96. The lowest BCUT2D eigenvalue weighted by Gasteiger charge is -2.31. The fraction of sp³-hybridized carbons (Fsp3) is 0.455. The number of halogens is 1. The number of rotatable bonds is 1. The van der Waals surface area contributed by atoms with Gasteiger partial charge in [-0.1, -0.05) is 6.92 Å². The highest BCUT2D eigenvalue weighted by molar-refractivity contribution is 5.38. The first kappa shape index (κ1) is 9.46. The van der Waals surface area contributed by atoms with Gasteiger partial charge in [0, 0.05) is 17.5 Å². The van der Waals surface area contributed by atoms with Crippen molar-refractivity contribution in [2.24, 2.45) is 5.92 Å². The molecule has 2 unspecified atom stereocenters. The summed E-state index contributed by atoms with van der Waals surface area (Å²) in [6.45, 7) is 2.78. The van der Waals surface area contributed by atoms with E-state index in [0.717, 1.165) is 11.3 Å². The molecule has 3 heteroatoms.